The van der Waals surface area contributed by atoms with Gasteiger partial charge in [0.05, 0.1) is 58.0 Å². The summed E-state index contributed by atoms with van der Waals surface area (Å²) in [5.41, 5.74) is 4.75. The molecule has 2 atom stereocenters. The molecule has 0 radical (unpaired) electrons. The van der Waals surface area contributed by atoms with Gasteiger partial charge in [-0.2, -0.15) is 0 Å². The number of carbonyl (C=O) groups excluding carboxylic acids is 5. The van der Waals surface area contributed by atoms with Crippen LogP contribution in [0.25, 0.3) is 55.6 Å². The number of aryl methyl sites for hydroxylation is 2. The predicted molar refractivity (Wildman–Crippen MR) is 377 cm³/mol. The molecule has 522 valence electrons. The summed E-state index contributed by atoms with van der Waals surface area (Å²) in [6.45, 7) is 13.2. The van der Waals surface area contributed by atoms with Gasteiger partial charge in [-0.3, -0.25) is 14.4 Å². The molecule has 3 aromatic carbocycles. The Morgan fingerprint density at radius 1 is 0.614 bits per heavy atom. The number of rotatable bonds is 17. The van der Waals surface area contributed by atoms with Gasteiger partial charge in [0.2, 0.25) is 5.60 Å². The molecule has 0 amide bonds. The molecule has 11 heterocycles. The van der Waals surface area contributed by atoms with Gasteiger partial charge in [0, 0.05) is 56.9 Å². The predicted octanol–water partition coefficient (Wildman–Crippen LogP) is 12.1. The largest absolute Gasteiger partial charge is 0.535 e. The van der Waals surface area contributed by atoms with Gasteiger partial charge in [-0.1, -0.05) is 78.4 Å². The summed E-state index contributed by atoms with van der Waals surface area (Å²) < 4.78 is 40.4. The van der Waals surface area contributed by atoms with E-state index in [1.807, 2.05) is 62.4 Å². The highest BCUT2D eigenvalue weighted by atomic mass is 33.1. The minimum atomic E-state index is -1.87. The second-order valence-corrected chi connectivity index (χ2v) is 29.0. The minimum Gasteiger partial charge on any atom is -0.508 e. The van der Waals surface area contributed by atoms with Crippen LogP contribution < -0.4 is 20.7 Å². The van der Waals surface area contributed by atoms with E-state index < -0.39 is 47.2 Å². The lowest BCUT2D eigenvalue weighted by Crippen LogP contribution is -2.47. The van der Waals surface area contributed by atoms with Crippen molar-refractivity contribution in [2.75, 3.05) is 24.7 Å². The highest BCUT2D eigenvalue weighted by Gasteiger charge is 2.51. The number of ether oxygens (including phenoxy) is 7. The van der Waals surface area contributed by atoms with Gasteiger partial charge >= 0.3 is 30.4 Å². The van der Waals surface area contributed by atoms with Crippen LogP contribution in [0.3, 0.4) is 0 Å². The lowest BCUT2D eigenvalue weighted by molar-refractivity contribution is -0.175. The van der Waals surface area contributed by atoms with Crippen LogP contribution in [0.4, 0.5) is 14.4 Å². The SMILES string of the molecule is CCc1c2c(nc3ccc(O)cc13)-c1cc3c(c(=O)n1C2)COC(=O)[C@@]3(CC)OC(=O)OCCSSc1ccccn1.CCc1c2c(nc3ccc(OC(=O)OC(C)(C)C)cc13)-c1cc3c(c(=O)n1C2)COC(=O)[C@]3(O)CC.O=C(OCCSSc1ccccn1)On1nnc2ccccc21. The first-order valence-electron chi connectivity index (χ1n) is 32.2. The number of nitrogens with zero attached hydrogens (tertiary/aromatic N) is 9. The Morgan fingerprint density at radius 2 is 1.17 bits per heavy atom. The maximum absolute atomic E-state index is 13.8. The Balaban J connectivity index is 0.000000149. The molecule has 10 aromatic rings. The molecule has 30 heteroatoms. The molecule has 14 rings (SSSR count). The number of pyridine rings is 6. The van der Waals surface area contributed by atoms with Gasteiger partial charge in [0.25, 0.3) is 11.1 Å². The second-order valence-electron chi connectivity index (χ2n) is 24.1. The van der Waals surface area contributed by atoms with Crippen molar-refractivity contribution in [3.63, 3.8) is 0 Å². The highest BCUT2D eigenvalue weighted by Crippen LogP contribution is 2.45. The van der Waals surface area contributed by atoms with E-state index in [1.165, 1.54) is 32.4 Å². The van der Waals surface area contributed by atoms with E-state index in [0.29, 0.717) is 88.0 Å². The molecule has 0 saturated heterocycles. The molecule has 101 heavy (non-hydrogen) atoms. The summed E-state index contributed by atoms with van der Waals surface area (Å²) >= 11 is 0. The van der Waals surface area contributed by atoms with Crippen molar-refractivity contribution in [2.24, 2.45) is 0 Å². The van der Waals surface area contributed by atoms with Crippen LogP contribution >= 0.6 is 43.2 Å². The third-order valence-electron chi connectivity index (χ3n) is 16.9. The van der Waals surface area contributed by atoms with Gasteiger partial charge < -0.3 is 52.5 Å². The van der Waals surface area contributed by atoms with Crippen molar-refractivity contribution in [2.45, 2.75) is 127 Å². The summed E-state index contributed by atoms with van der Waals surface area (Å²) in [6.07, 6.45) is 2.25. The monoisotopic (exact) mass is 1450 g/mol. The molecule has 4 aliphatic rings. The number of aliphatic hydroxyl groups is 1. The lowest BCUT2D eigenvalue weighted by Gasteiger charge is -2.35. The molecule has 0 saturated carbocycles. The Bertz CT molecular complexity index is 5010. The van der Waals surface area contributed by atoms with Crippen LogP contribution in [0.15, 0.2) is 141 Å². The molecular formula is C71H67N9O17S4. The zero-order valence-electron chi connectivity index (χ0n) is 55.7. The van der Waals surface area contributed by atoms with E-state index in [-0.39, 0.29) is 78.4 Å². The molecule has 7 aromatic heterocycles. The molecule has 26 nitrogen and oxygen atoms in total. The van der Waals surface area contributed by atoms with E-state index in [9.17, 15) is 43.8 Å². The van der Waals surface area contributed by atoms with E-state index in [1.54, 1.807) is 128 Å². The van der Waals surface area contributed by atoms with E-state index in [0.717, 1.165) is 47.9 Å². The number of fused-ring (bicyclic) bond motifs is 11. The molecule has 2 N–H and O–H groups in total. The van der Waals surface area contributed by atoms with Crippen LogP contribution in [-0.4, -0.2) is 115 Å². The van der Waals surface area contributed by atoms with Crippen molar-refractivity contribution in [3.8, 4) is 34.3 Å². The van der Waals surface area contributed by atoms with Crippen molar-refractivity contribution in [1.82, 2.24) is 44.2 Å². The molecule has 0 unspecified atom stereocenters. The van der Waals surface area contributed by atoms with Crippen molar-refractivity contribution in [3.05, 3.63) is 187 Å². The fourth-order valence-electron chi connectivity index (χ4n) is 12.2. The number of phenols is 1. The molecule has 0 bridgehead atoms. The number of aromatic hydroxyl groups is 1. The minimum absolute atomic E-state index is 0.0403. The van der Waals surface area contributed by atoms with Gasteiger partial charge in [-0.25, -0.2) is 43.9 Å². The van der Waals surface area contributed by atoms with Crippen LogP contribution in [-0.2, 0) is 88.4 Å². The fraction of sp³-hybridized carbons (Fsp3) is 0.310. The number of aromatic nitrogens is 9. The summed E-state index contributed by atoms with van der Waals surface area (Å²) in [5, 5.41) is 32.2. The molecule has 0 spiro atoms. The van der Waals surface area contributed by atoms with Gasteiger partial charge in [-0.15, -0.1) is 5.10 Å². The maximum Gasteiger partial charge on any atom is 0.535 e. The first-order valence-corrected chi connectivity index (χ1v) is 36.8. The van der Waals surface area contributed by atoms with Crippen molar-refractivity contribution in [1.29, 1.82) is 0 Å². The number of carbonyl (C=O) groups is 5. The van der Waals surface area contributed by atoms with Crippen LogP contribution in [0.5, 0.6) is 11.5 Å². The molecule has 4 aliphatic heterocycles. The van der Waals surface area contributed by atoms with Gasteiger partial charge in [0.1, 0.15) is 64.6 Å². The first-order chi connectivity index (χ1) is 48.6. The normalized spacial score (nSPS) is 16.0. The van der Waals surface area contributed by atoms with Crippen LogP contribution in [0.2, 0.25) is 0 Å². The van der Waals surface area contributed by atoms with E-state index in [4.69, 9.17) is 48.0 Å². The summed E-state index contributed by atoms with van der Waals surface area (Å²) in [6, 6.07) is 32.0. The number of phenolic OH excluding ortho intramolecular Hbond substituents is 1. The van der Waals surface area contributed by atoms with Gasteiger partial charge in [-0.05, 0) is 169 Å². The number of hydrogen-bond acceptors (Lipinski definition) is 27. The Labute approximate surface area is 592 Å². The third-order valence-corrected chi connectivity index (χ3v) is 21.4. The smallest absolute Gasteiger partial charge is 0.508 e. The zero-order chi connectivity index (χ0) is 71.3. The second kappa shape index (κ2) is 30.1. The Morgan fingerprint density at radius 3 is 1.74 bits per heavy atom. The average molecular weight is 1450 g/mol. The lowest BCUT2D eigenvalue weighted by atomic mass is 9.85. The van der Waals surface area contributed by atoms with E-state index >= 15 is 0 Å². The number of benzene rings is 3. The molecule has 0 aliphatic carbocycles. The quantitative estimate of drug-likeness (QED) is 0.0214. The maximum atomic E-state index is 13.8. The standard InChI is InChI=1S/C30H27N3O7S2.C27H28N2O7.C14H12N4O3S2/c1-3-18-19-13-17(34)8-9-23(19)32-26-20(18)15-33-24(26)14-22-21(27(33)35)16-39-28(36)30(22,4-2)40-29(37)38-11-12-41-42-25-7-5-6-10-31-25;1-6-15-16-10-14(35-25(32)36-26(3,4)5)8-9-20(16)28-22-17(15)12-29-21(22)11-19-18(23(29)30)13-34-24(31)27(19,33)7-2;19-14(20-9-10-22-23-13-7-3-4-8-15-13)21-18-12-6-2-1-5-11(12)16-17-18/h5-10,13-14,34H,3-4,11-12,15-16H2,1-2H3;8-11,33H,6-7,12-13H2,1-5H3;1-8H,9-10H2/t30-;27-;/m00./s1. The van der Waals surface area contributed by atoms with E-state index in [2.05, 4.69) is 20.3 Å². The number of cyclic esters (lactones) is 2. The van der Waals surface area contributed by atoms with Crippen LogP contribution in [0.1, 0.15) is 106 Å². The average Bonchev–Trinajstić information content (AvgIpc) is 1.40. The number of para-hydroxylation sites is 1. The third kappa shape index (κ3) is 14.7. The Hall–Kier alpha value is -10.0. The molecule has 0 fully saturated rings. The summed E-state index contributed by atoms with van der Waals surface area (Å²) in [4.78, 5) is 114. The Kier molecular flexibility index (Phi) is 21.1. The fourth-order valence-corrected chi connectivity index (χ4v) is 15.6. The van der Waals surface area contributed by atoms with Crippen LogP contribution in [0, 0.1) is 0 Å². The summed E-state index contributed by atoms with van der Waals surface area (Å²) in [5.74, 6) is 0.0555. The number of esters is 2. The van der Waals surface area contributed by atoms with Crippen molar-refractivity contribution < 1.29 is 72.2 Å². The molecular weight excluding hydrogens is 1380 g/mol. The van der Waals surface area contributed by atoms with Gasteiger partial charge in [0.15, 0.2) is 5.60 Å². The highest BCUT2D eigenvalue weighted by molar-refractivity contribution is 8.77. The zero-order valence-corrected chi connectivity index (χ0v) is 59.0. The summed E-state index contributed by atoms with van der Waals surface area (Å²) in [7, 11) is 5.99. The number of hydrogen-bond donors (Lipinski definition) is 2. The topological polar surface area (TPSA) is 326 Å². The first kappa shape index (κ1) is 70.8. The van der Waals surface area contributed by atoms with Crippen molar-refractivity contribution >= 4 is 106 Å².